The Labute approximate surface area is 99.0 Å². The minimum absolute atomic E-state index is 0.0182. The van der Waals surface area contributed by atoms with Crippen molar-refractivity contribution in [3.05, 3.63) is 29.3 Å². The fourth-order valence-corrected chi connectivity index (χ4v) is 2.38. The predicted molar refractivity (Wildman–Crippen MR) is 66.0 cm³/mol. The maximum atomic E-state index is 9.28. The van der Waals surface area contributed by atoms with E-state index in [-0.39, 0.29) is 12.4 Å². The second-order valence-corrected chi connectivity index (χ2v) is 4.54. The van der Waals surface area contributed by atoms with Gasteiger partial charge in [-0.05, 0) is 12.5 Å². The van der Waals surface area contributed by atoms with E-state index in [1.54, 1.807) is 6.07 Å². The number of nitrogen functional groups attached to an aromatic ring is 1. The van der Waals surface area contributed by atoms with Crippen molar-refractivity contribution in [2.75, 3.05) is 12.4 Å². The van der Waals surface area contributed by atoms with Crippen molar-refractivity contribution in [1.29, 1.82) is 5.41 Å². The largest absolute Gasteiger partial charge is 0.394 e. The quantitative estimate of drug-likeness (QED) is 0.347. The van der Waals surface area contributed by atoms with E-state index in [1.807, 2.05) is 19.1 Å². The van der Waals surface area contributed by atoms with Crippen LogP contribution in [0.5, 0.6) is 0 Å². The molecule has 4 nitrogen and oxygen atoms in total. The van der Waals surface area contributed by atoms with Gasteiger partial charge in [0.05, 0.1) is 12.7 Å². The lowest BCUT2D eigenvalue weighted by Gasteiger charge is -2.12. The summed E-state index contributed by atoms with van der Waals surface area (Å²) in [6, 6.07) is 5.56. The summed E-state index contributed by atoms with van der Waals surface area (Å²) in [4.78, 5) is 0.891. The third-order valence-electron chi connectivity index (χ3n) is 2.13. The van der Waals surface area contributed by atoms with E-state index in [4.69, 9.17) is 16.2 Å². The number of hydrogen-bond donors (Lipinski definition) is 4. The molecule has 1 unspecified atom stereocenters. The lowest BCUT2D eigenvalue weighted by molar-refractivity contribution is 0.113. The van der Waals surface area contributed by atoms with E-state index in [2.05, 4.69) is 0 Å². The van der Waals surface area contributed by atoms with Crippen molar-refractivity contribution >= 4 is 17.6 Å². The van der Waals surface area contributed by atoms with Crippen LogP contribution in [-0.2, 0) is 0 Å². The normalized spacial score (nSPS) is 12.4. The van der Waals surface area contributed by atoms with Crippen LogP contribution in [-0.4, -0.2) is 34.5 Å². The molecule has 0 saturated heterocycles. The first kappa shape index (κ1) is 13.0. The summed E-state index contributed by atoms with van der Waals surface area (Å²) in [5.74, 6) is 0.409. The highest BCUT2D eigenvalue weighted by atomic mass is 32.2. The summed E-state index contributed by atoms with van der Waals surface area (Å²) in [5, 5.41) is 25.5. The number of aryl methyl sites for hydroxylation is 1. The monoisotopic (exact) mass is 240 g/mol. The molecule has 0 bridgehead atoms. The number of nitrogens with one attached hydrogen (secondary N) is 1. The van der Waals surface area contributed by atoms with E-state index in [9.17, 15) is 5.11 Å². The number of rotatable bonds is 5. The minimum Gasteiger partial charge on any atom is -0.394 e. The molecule has 88 valence electrons. The average Bonchev–Trinajstić information content (AvgIpc) is 2.26. The van der Waals surface area contributed by atoms with Crippen LogP contribution < -0.4 is 5.73 Å². The predicted octanol–water partition coefficient (Wildman–Crippen LogP) is 0.724. The van der Waals surface area contributed by atoms with Crippen LogP contribution >= 0.6 is 11.8 Å². The van der Waals surface area contributed by atoms with Gasteiger partial charge in [-0.15, -0.1) is 11.8 Å². The smallest absolute Gasteiger partial charge is 0.123 e. The van der Waals surface area contributed by atoms with Crippen LogP contribution in [0.25, 0.3) is 0 Å². The van der Waals surface area contributed by atoms with Crippen LogP contribution in [0.4, 0.5) is 0 Å². The number of nitrogens with two attached hydrogens (primary N) is 1. The molecule has 0 amide bonds. The summed E-state index contributed by atoms with van der Waals surface area (Å²) in [5.41, 5.74) is 7.17. The molecule has 0 saturated carbocycles. The molecule has 0 aromatic heterocycles. The van der Waals surface area contributed by atoms with E-state index < -0.39 is 6.10 Å². The van der Waals surface area contributed by atoms with Crippen molar-refractivity contribution in [3.8, 4) is 0 Å². The zero-order valence-corrected chi connectivity index (χ0v) is 9.92. The topological polar surface area (TPSA) is 90.3 Å². The van der Waals surface area contributed by atoms with Crippen molar-refractivity contribution in [1.82, 2.24) is 0 Å². The number of hydrogen-bond acceptors (Lipinski definition) is 4. The van der Waals surface area contributed by atoms with Crippen molar-refractivity contribution in [3.63, 3.8) is 0 Å². The van der Waals surface area contributed by atoms with Crippen molar-refractivity contribution in [2.45, 2.75) is 17.9 Å². The number of aliphatic hydroxyl groups is 2. The van der Waals surface area contributed by atoms with Crippen LogP contribution in [0.3, 0.4) is 0 Å². The van der Waals surface area contributed by atoms with Gasteiger partial charge in [-0.2, -0.15) is 0 Å². The van der Waals surface area contributed by atoms with E-state index >= 15 is 0 Å². The summed E-state index contributed by atoms with van der Waals surface area (Å²) in [7, 11) is 0. The maximum absolute atomic E-state index is 9.28. The Morgan fingerprint density at radius 3 is 2.81 bits per heavy atom. The van der Waals surface area contributed by atoms with Crippen molar-refractivity contribution < 1.29 is 10.2 Å². The molecular weight excluding hydrogens is 224 g/mol. The molecule has 5 heteroatoms. The van der Waals surface area contributed by atoms with Gasteiger partial charge in [-0.3, -0.25) is 5.41 Å². The molecule has 5 N–H and O–H groups in total. The van der Waals surface area contributed by atoms with Crippen LogP contribution in [0.2, 0.25) is 0 Å². The number of benzene rings is 1. The van der Waals surface area contributed by atoms with Gasteiger partial charge in [0.25, 0.3) is 0 Å². The molecule has 0 aliphatic heterocycles. The summed E-state index contributed by atoms with van der Waals surface area (Å²) in [6.07, 6.45) is -0.746. The van der Waals surface area contributed by atoms with Gasteiger partial charge < -0.3 is 15.9 Å². The third kappa shape index (κ3) is 3.23. The Bertz CT molecular complexity index is 382. The first-order valence-corrected chi connectivity index (χ1v) is 5.90. The molecule has 0 radical (unpaired) electrons. The van der Waals surface area contributed by atoms with E-state index in [1.165, 1.54) is 11.8 Å². The first-order chi connectivity index (χ1) is 7.56. The Kier molecular flexibility index (Phi) is 4.79. The molecule has 1 atom stereocenters. The van der Waals surface area contributed by atoms with Gasteiger partial charge in [0.1, 0.15) is 5.84 Å². The minimum atomic E-state index is -0.746. The molecule has 1 aromatic carbocycles. The second-order valence-electron chi connectivity index (χ2n) is 3.51. The lowest BCUT2D eigenvalue weighted by atomic mass is 10.1. The first-order valence-electron chi connectivity index (χ1n) is 4.92. The molecule has 0 spiro atoms. The molecule has 1 aromatic rings. The van der Waals surface area contributed by atoms with Gasteiger partial charge in [0, 0.05) is 16.2 Å². The summed E-state index contributed by atoms with van der Waals surface area (Å²) >= 11 is 1.40. The Morgan fingerprint density at radius 2 is 2.25 bits per heavy atom. The highest BCUT2D eigenvalue weighted by molar-refractivity contribution is 7.99. The Hall–Kier alpha value is -1.04. The molecular formula is C11H16N2O2S. The molecule has 16 heavy (non-hydrogen) atoms. The number of thioether (sulfide) groups is 1. The zero-order valence-electron chi connectivity index (χ0n) is 9.10. The molecule has 0 aliphatic rings. The fourth-order valence-electron chi connectivity index (χ4n) is 1.29. The van der Waals surface area contributed by atoms with Crippen LogP contribution in [0, 0.1) is 12.3 Å². The standard InChI is InChI=1S/C11H16N2O2S/c1-7-3-2-4-9(11(12)13)10(7)16-6-8(15)5-14/h2-4,8,14-15H,5-6H2,1H3,(H3,12,13). The molecule has 0 heterocycles. The molecule has 0 aliphatic carbocycles. The maximum Gasteiger partial charge on any atom is 0.123 e. The Balaban J connectivity index is 2.88. The highest BCUT2D eigenvalue weighted by Crippen LogP contribution is 2.26. The number of aliphatic hydroxyl groups excluding tert-OH is 2. The van der Waals surface area contributed by atoms with Crippen LogP contribution in [0.1, 0.15) is 11.1 Å². The fraction of sp³-hybridized carbons (Fsp3) is 0.364. The van der Waals surface area contributed by atoms with Crippen molar-refractivity contribution in [2.24, 2.45) is 5.73 Å². The molecule has 1 rings (SSSR count). The lowest BCUT2D eigenvalue weighted by Crippen LogP contribution is -2.16. The van der Waals surface area contributed by atoms with Gasteiger partial charge in [-0.1, -0.05) is 18.2 Å². The number of amidine groups is 1. The summed E-state index contributed by atoms with van der Waals surface area (Å²) < 4.78 is 0. The van der Waals surface area contributed by atoms with E-state index in [0.717, 1.165) is 10.5 Å². The highest BCUT2D eigenvalue weighted by Gasteiger charge is 2.10. The zero-order chi connectivity index (χ0) is 12.1. The van der Waals surface area contributed by atoms with Gasteiger partial charge in [0.15, 0.2) is 0 Å². The van der Waals surface area contributed by atoms with Gasteiger partial charge in [-0.25, -0.2) is 0 Å². The van der Waals surface area contributed by atoms with E-state index in [0.29, 0.717) is 11.3 Å². The molecule has 0 fully saturated rings. The van der Waals surface area contributed by atoms with Gasteiger partial charge in [0.2, 0.25) is 0 Å². The Morgan fingerprint density at radius 1 is 1.56 bits per heavy atom. The van der Waals surface area contributed by atoms with Gasteiger partial charge >= 0.3 is 0 Å². The second kappa shape index (κ2) is 5.89. The SMILES string of the molecule is Cc1cccc(C(=N)N)c1SCC(O)CO. The summed E-state index contributed by atoms with van der Waals surface area (Å²) in [6.45, 7) is 1.67. The average molecular weight is 240 g/mol. The third-order valence-corrected chi connectivity index (χ3v) is 3.51. The van der Waals surface area contributed by atoms with Crippen LogP contribution in [0.15, 0.2) is 23.1 Å².